The third-order valence-corrected chi connectivity index (χ3v) is 5.99. The molecule has 1 amide bonds. The van der Waals surface area contributed by atoms with E-state index in [0.717, 1.165) is 10.8 Å². The van der Waals surface area contributed by atoms with Crippen molar-refractivity contribution in [3.05, 3.63) is 88.3 Å². The number of carbonyl (C=O) groups excluding carboxylic acids is 2. The predicted molar refractivity (Wildman–Crippen MR) is 133 cm³/mol. The number of methoxy groups -OCH3 is 2. The van der Waals surface area contributed by atoms with Crippen molar-refractivity contribution in [3.63, 3.8) is 0 Å². The first-order chi connectivity index (χ1) is 16.9. The highest BCUT2D eigenvalue weighted by Gasteiger charge is 2.23. The van der Waals surface area contributed by atoms with Gasteiger partial charge in [-0.2, -0.15) is 0 Å². The maximum absolute atomic E-state index is 13.3. The van der Waals surface area contributed by atoms with Crippen LogP contribution in [0.4, 0.5) is 5.69 Å². The third kappa shape index (κ3) is 4.11. The van der Waals surface area contributed by atoms with Crippen LogP contribution in [0.15, 0.2) is 69.5 Å². The molecule has 5 aromatic rings. The van der Waals surface area contributed by atoms with Crippen LogP contribution in [0.1, 0.15) is 32.2 Å². The monoisotopic (exact) mass is 489 g/mol. The Kier molecular flexibility index (Phi) is 5.70. The average Bonchev–Trinajstić information content (AvgIpc) is 3.43. The van der Waals surface area contributed by atoms with E-state index in [0.29, 0.717) is 44.5 Å². The summed E-state index contributed by atoms with van der Waals surface area (Å²) in [5, 5.41) is 4.85. The number of hydrogen-bond acceptors (Lipinski definition) is 6. The van der Waals surface area contributed by atoms with Crippen LogP contribution in [0.25, 0.3) is 21.9 Å². The van der Waals surface area contributed by atoms with Gasteiger partial charge in [-0.1, -0.05) is 11.6 Å². The topological polar surface area (TPSA) is 90.9 Å². The summed E-state index contributed by atoms with van der Waals surface area (Å²) in [7, 11) is 3.02. The van der Waals surface area contributed by atoms with Crippen molar-refractivity contribution in [1.82, 2.24) is 0 Å². The van der Waals surface area contributed by atoms with Gasteiger partial charge in [0.25, 0.3) is 5.91 Å². The first kappa shape index (κ1) is 22.6. The smallest absolute Gasteiger partial charge is 0.291 e. The van der Waals surface area contributed by atoms with Gasteiger partial charge in [0.15, 0.2) is 11.5 Å². The first-order valence-corrected chi connectivity index (χ1v) is 11.1. The minimum Gasteiger partial charge on any atom is -0.497 e. The molecule has 176 valence electrons. The molecule has 7 nitrogen and oxygen atoms in total. The van der Waals surface area contributed by atoms with Crippen LogP contribution in [0, 0.1) is 6.92 Å². The highest BCUT2D eigenvalue weighted by molar-refractivity contribution is 6.31. The fourth-order valence-electron chi connectivity index (χ4n) is 3.95. The molecule has 0 atom stereocenters. The number of carbonyl (C=O) groups is 2. The van der Waals surface area contributed by atoms with E-state index < -0.39 is 5.91 Å². The number of ketones is 1. The van der Waals surface area contributed by atoms with E-state index in [1.165, 1.54) is 14.2 Å². The summed E-state index contributed by atoms with van der Waals surface area (Å²) < 4.78 is 22.2. The molecule has 0 unspecified atom stereocenters. The summed E-state index contributed by atoms with van der Waals surface area (Å²) in [6.07, 6.45) is 0. The zero-order valence-electron chi connectivity index (χ0n) is 19.1. The molecule has 0 bridgehead atoms. The Bertz CT molecular complexity index is 1610. The van der Waals surface area contributed by atoms with Gasteiger partial charge in [-0.3, -0.25) is 9.59 Å². The molecule has 0 radical (unpaired) electrons. The fourth-order valence-corrected chi connectivity index (χ4v) is 4.13. The molecule has 35 heavy (non-hydrogen) atoms. The molecule has 0 spiro atoms. The Morgan fingerprint density at radius 3 is 2.49 bits per heavy atom. The molecule has 0 aliphatic rings. The van der Waals surface area contributed by atoms with E-state index in [9.17, 15) is 9.59 Å². The Balaban J connectivity index is 1.45. The molecule has 0 saturated carbocycles. The first-order valence-electron chi connectivity index (χ1n) is 10.7. The molecule has 5 rings (SSSR count). The number of furan rings is 2. The van der Waals surface area contributed by atoms with Gasteiger partial charge in [0.05, 0.1) is 19.8 Å². The van der Waals surface area contributed by atoms with Crippen LogP contribution in [-0.2, 0) is 0 Å². The zero-order chi connectivity index (χ0) is 24.7. The van der Waals surface area contributed by atoms with Crippen LogP contribution in [0.5, 0.6) is 11.5 Å². The molecule has 0 saturated heterocycles. The summed E-state index contributed by atoms with van der Waals surface area (Å²) in [4.78, 5) is 26.1. The van der Waals surface area contributed by atoms with E-state index in [2.05, 4.69) is 5.32 Å². The Morgan fingerprint density at radius 1 is 0.886 bits per heavy atom. The minimum absolute atomic E-state index is 0.152. The van der Waals surface area contributed by atoms with Crippen molar-refractivity contribution in [3.8, 4) is 11.5 Å². The standard InChI is InChI=1S/C27H20ClNO6/c1-14-19-7-5-17(29-27(31)24-11-15-10-16(28)4-8-21(15)34-24)12-23(19)35-26(14)25(30)20-13-18(32-2)6-9-22(20)33-3/h4-13H,1-3H3,(H,29,31). The normalized spacial score (nSPS) is 11.1. The summed E-state index contributed by atoms with van der Waals surface area (Å²) >= 11 is 6.01. The predicted octanol–water partition coefficient (Wildman–Crippen LogP) is 6.64. The number of ether oxygens (including phenoxy) is 2. The van der Waals surface area contributed by atoms with Crippen molar-refractivity contribution in [2.45, 2.75) is 6.92 Å². The second-order valence-electron chi connectivity index (χ2n) is 7.91. The van der Waals surface area contributed by atoms with Crippen molar-refractivity contribution < 1.29 is 27.9 Å². The van der Waals surface area contributed by atoms with Gasteiger partial charge in [-0.25, -0.2) is 0 Å². The molecule has 1 N–H and O–H groups in total. The van der Waals surface area contributed by atoms with E-state index in [1.54, 1.807) is 60.7 Å². The van der Waals surface area contributed by atoms with Gasteiger partial charge in [0.1, 0.15) is 22.7 Å². The largest absolute Gasteiger partial charge is 0.497 e. The number of amides is 1. The second-order valence-corrected chi connectivity index (χ2v) is 8.35. The lowest BCUT2D eigenvalue weighted by atomic mass is 10.0. The highest BCUT2D eigenvalue weighted by atomic mass is 35.5. The van der Waals surface area contributed by atoms with E-state index >= 15 is 0 Å². The van der Waals surface area contributed by atoms with E-state index in [4.69, 9.17) is 29.9 Å². The van der Waals surface area contributed by atoms with Gasteiger partial charge in [0, 0.05) is 33.1 Å². The van der Waals surface area contributed by atoms with Gasteiger partial charge in [-0.15, -0.1) is 0 Å². The van der Waals surface area contributed by atoms with Gasteiger partial charge < -0.3 is 23.6 Å². The fraction of sp³-hybridized carbons (Fsp3) is 0.111. The van der Waals surface area contributed by atoms with Crippen LogP contribution in [0.3, 0.4) is 0 Å². The molecule has 3 aromatic carbocycles. The number of benzene rings is 3. The second kappa shape index (κ2) is 8.85. The molecule has 0 aliphatic heterocycles. The lowest BCUT2D eigenvalue weighted by Crippen LogP contribution is -2.10. The minimum atomic E-state index is -0.419. The van der Waals surface area contributed by atoms with Crippen molar-refractivity contribution in [2.75, 3.05) is 19.5 Å². The molecule has 2 heterocycles. The van der Waals surface area contributed by atoms with Gasteiger partial charge in [0.2, 0.25) is 5.78 Å². The Hall–Kier alpha value is -4.23. The Morgan fingerprint density at radius 2 is 1.71 bits per heavy atom. The van der Waals surface area contributed by atoms with Gasteiger partial charge in [-0.05, 0) is 61.5 Å². The van der Waals surface area contributed by atoms with Crippen molar-refractivity contribution >= 4 is 50.9 Å². The number of nitrogens with one attached hydrogen (secondary N) is 1. The quantitative estimate of drug-likeness (QED) is 0.269. The lowest BCUT2D eigenvalue weighted by Gasteiger charge is -2.08. The third-order valence-electron chi connectivity index (χ3n) is 5.76. The number of aryl methyl sites for hydroxylation is 1. The number of anilines is 1. The molecular weight excluding hydrogens is 470 g/mol. The Labute approximate surface area is 205 Å². The SMILES string of the molecule is COc1ccc(OC)c(C(=O)c2oc3cc(NC(=O)c4cc5cc(Cl)ccc5o4)ccc3c2C)c1. The summed E-state index contributed by atoms with van der Waals surface area (Å²) in [5.74, 6) is 0.526. The molecular formula is C27H20ClNO6. The van der Waals surface area contributed by atoms with E-state index in [1.807, 2.05) is 6.92 Å². The van der Waals surface area contributed by atoms with Crippen LogP contribution >= 0.6 is 11.6 Å². The summed E-state index contributed by atoms with van der Waals surface area (Å²) in [5.41, 5.74) is 2.52. The molecule has 0 fully saturated rings. The number of hydrogen-bond donors (Lipinski definition) is 1. The zero-order valence-corrected chi connectivity index (χ0v) is 19.9. The molecule has 2 aromatic heterocycles. The van der Waals surface area contributed by atoms with Crippen LogP contribution < -0.4 is 14.8 Å². The van der Waals surface area contributed by atoms with E-state index in [-0.39, 0.29) is 17.3 Å². The molecule has 8 heteroatoms. The maximum Gasteiger partial charge on any atom is 0.291 e. The number of fused-ring (bicyclic) bond motifs is 2. The highest BCUT2D eigenvalue weighted by Crippen LogP contribution is 2.33. The summed E-state index contributed by atoms with van der Waals surface area (Å²) in [6.45, 7) is 1.81. The summed E-state index contributed by atoms with van der Waals surface area (Å²) in [6, 6.07) is 17.0. The maximum atomic E-state index is 13.3. The molecule has 0 aliphatic carbocycles. The van der Waals surface area contributed by atoms with Crippen LogP contribution in [0.2, 0.25) is 5.02 Å². The number of halogens is 1. The number of rotatable bonds is 6. The van der Waals surface area contributed by atoms with Crippen molar-refractivity contribution in [2.24, 2.45) is 0 Å². The van der Waals surface area contributed by atoms with Crippen LogP contribution in [-0.4, -0.2) is 25.9 Å². The lowest BCUT2D eigenvalue weighted by molar-refractivity contribution is 0.0994. The van der Waals surface area contributed by atoms with Crippen molar-refractivity contribution in [1.29, 1.82) is 0 Å². The average molecular weight is 490 g/mol. The van der Waals surface area contributed by atoms with Gasteiger partial charge >= 0.3 is 0 Å².